The highest BCUT2D eigenvalue weighted by molar-refractivity contribution is 9.10. The average molecular weight is 281 g/mol. The summed E-state index contributed by atoms with van der Waals surface area (Å²) in [5, 5.41) is 0.907. The van der Waals surface area contributed by atoms with Crippen LogP contribution in [0.3, 0.4) is 0 Å². The fraction of sp³-hybridized carbons (Fsp3) is 0.250. The molecule has 0 aliphatic carbocycles. The lowest BCUT2D eigenvalue weighted by Crippen LogP contribution is -2.10. The molecule has 0 fully saturated rings. The quantitative estimate of drug-likeness (QED) is 0.903. The van der Waals surface area contributed by atoms with Crippen LogP contribution in [0.1, 0.15) is 30.2 Å². The second-order valence-electron chi connectivity index (χ2n) is 4.07. The molecule has 0 saturated carbocycles. The summed E-state index contributed by atoms with van der Waals surface area (Å²) >= 11 is 3.43. The van der Waals surface area contributed by atoms with Gasteiger partial charge in [0.1, 0.15) is 0 Å². The predicted molar refractivity (Wildman–Crippen MR) is 68.5 cm³/mol. The van der Waals surface area contributed by atoms with Gasteiger partial charge in [-0.1, -0.05) is 22.0 Å². The van der Waals surface area contributed by atoms with Gasteiger partial charge in [0.15, 0.2) is 0 Å². The van der Waals surface area contributed by atoms with E-state index in [1.54, 1.807) is 0 Å². The number of hydrogen-bond acceptors (Lipinski definition) is 1. The van der Waals surface area contributed by atoms with Gasteiger partial charge in [0.2, 0.25) is 0 Å². The van der Waals surface area contributed by atoms with Gasteiger partial charge >= 0.3 is 0 Å². The standard InChI is InChI=1S/C12H13BrN2O/c1-7(2)15-6-10(12(14)16)9-4-3-8(13)5-11(9)15/h3-7H,1-2H3,(H2,14,16). The molecule has 4 heteroatoms. The Balaban J connectivity index is 2.81. The minimum atomic E-state index is -0.383. The largest absolute Gasteiger partial charge is 0.366 e. The van der Waals surface area contributed by atoms with Gasteiger partial charge in [0, 0.05) is 22.1 Å². The first-order valence-corrected chi connectivity index (χ1v) is 5.90. The van der Waals surface area contributed by atoms with Crippen LogP contribution in [0.2, 0.25) is 0 Å². The molecule has 0 saturated heterocycles. The maximum absolute atomic E-state index is 11.3. The number of benzene rings is 1. The first-order valence-electron chi connectivity index (χ1n) is 5.10. The number of nitrogens with zero attached hydrogens (tertiary/aromatic N) is 1. The fourth-order valence-corrected chi connectivity index (χ4v) is 2.20. The summed E-state index contributed by atoms with van der Waals surface area (Å²) in [6.07, 6.45) is 1.82. The third-order valence-corrected chi connectivity index (χ3v) is 3.11. The van der Waals surface area contributed by atoms with Gasteiger partial charge in [0.25, 0.3) is 5.91 Å². The molecule has 2 rings (SSSR count). The van der Waals surface area contributed by atoms with Gasteiger partial charge in [0.05, 0.1) is 11.1 Å². The maximum atomic E-state index is 11.3. The van der Waals surface area contributed by atoms with E-state index in [4.69, 9.17) is 5.73 Å². The van der Waals surface area contributed by atoms with Crippen LogP contribution in [0, 0.1) is 0 Å². The molecule has 3 nitrogen and oxygen atoms in total. The zero-order valence-electron chi connectivity index (χ0n) is 9.20. The normalized spacial score (nSPS) is 11.2. The molecular formula is C12H13BrN2O. The molecule has 0 atom stereocenters. The summed E-state index contributed by atoms with van der Waals surface area (Å²) in [5.41, 5.74) is 6.97. The van der Waals surface area contributed by atoms with E-state index < -0.39 is 0 Å². The lowest BCUT2D eigenvalue weighted by Gasteiger charge is -2.08. The van der Waals surface area contributed by atoms with Gasteiger partial charge in [-0.25, -0.2) is 0 Å². The van der Waals surface area contributed by atoms with Crippen LogP contribution in [0.5, 0.6) is 0 Å². The summed E-state index contributed by atoms with van der Waals surface area (Å²) in [6.45, 7) is 4.15. The van der Waals surface area contributed by atoms with Gasteiger partial charge < -0.3 is 10.3 Å². The number of aromatic nitrogens is 1. The lowest BCUT2D eigenvalue weighted by molar-refractivity contribution is 0.100. The minimum absolute atomic E-state index is 0.296. The minimum Gasteiger partial charge on any atom is -0.366 e. The van der Waals surface area contributed by atoms with E-state index in [1.807, 2.05) is 24.4 Å². The fourth-order valence-electron chi connectivity index (χ4n) is 1.85. The van der Waals surface area contributed by atoms with Crippen molar-refractivity contribution >= 4 is 32.7 Å². The molecule has 0 bridgehead atoms. The van der Waals surface area contributed by atoms with E-state index in [0.29, 0.717) is 11.6 Å². The third kappa shape index (κ3) is 1.73. The van der Waals surface area contributed by atoms with Gasteiger partial charge in [-0.3, -0.25) is 4.79 Å². The Morgan fingerprint density at radius 3 is 2.69 bits per heavy atom. The van der Waals surface area contributed by atoms with Crippen LogP contribution in [-0.2, 0) is 0 Å². The number of halogens is 1. The number of fused-ring (bicyclic) bond motifs is 1. The summed E-state index contributed by atoms with van der Waals surface area (Å²) in [6, 6.07) is 6.13. The Morgan fingerprint density at radius 2 is 2.12 bits per heavy atom. The van der Waals surface area contributed by atoms with E-state index in [9.17, 15) is 4.79 Å². The van der Waals surface area contributed by atoms with E-state index >= 15 is 0 Å². The number of rotatable bonds is 2. The van der Waals surface area contributed by atoms with E-state index in [2.05, 4.69) is 34.3 Å². The number of carbonyl (C=O) groups excluding carboxylic acids is 1. The SMILES string of the molecule is CC(C)n1cc(C(N)=O)c2ccc(Br)cc21. The number of amides is 1. The van der Waals surface area contributed by atoms with E-state index in [1.165, 1.54) is 0 Å². The molecule has 0 radical (unpaired) electrons. The molecule has 1 heterocycles. The van der Waals surface area contributed by atoms with Crippen molar-refractivity contribution < 1.29 is 4.79 Å². The van der Waals surface area contributed by atoms with Crippen molar-refractivity contribution in [1.29, 1.82) is 0 Å². The predicted octanol–water partition coefficient (Wildman–Crippen LogP) is 3.08. The molecule has 1 aromatic carbocycles. The molecule has 16 heavy (non-hydrogen) atoms. The summed E-state index contributed by atoms with van der Waals surface area (Å²) in [5.74, 6) is -0.383. The molecule has 0 aliphatic rings. The van der Waals surface area contributed by atoms with Crippen molar-refractivity contribution in [2.24, 2.45) is 5.73 Å². The molecular weight excluding hydrogens is 268 g/mol. The number of nitrogens with two attached hydrogens (primary N) is 1. The van der Waals surface area contributed by atoms with Gasteiger partial charge in [-0.2, -0.15) is 0 Å². The van der Waals surface area contributed by atoms with Crippen LogP contribution >= 0.6 is 15.9 Å². The Labute approximate surface area is 102 Å². The van der Waals surface area contributed by atoms with E-state index in [-0.39, 0.29) is 5.91 Å². The Morgan fingerprint density at radius 1 is 1.44 bits per heavy atom. The molecule has 0 unspecified atom stereocenters. The zero-order chi connectivity index (χ0) is 11.9. The lowest BCUT2D eigenvalue weighted by atomic mass is 10.2. The summed E-state index contributed by atoms with van der Waals surface area (Å²) in [7, 11) is 0. The molecule has 1 aromatic heterocycles. The maximum Gasteiger partial charge on any atom is 0.250 e. The van der Waals surface area contributed by atoms with Crippen molar-refractivity contribution in [3.8, 4) is 0 Å². The molecule has 2 N–H and O–H groups in total. The van der Waals surface area contributed by atoms with Crippen molar-refractivity contribution in [2.45, 2.75) is 19.9 Å². The van der Waals surface area contributed by atoms with Crippen molar-refractivity contribution in [2.75, 3.05) is 0 Å². The van der Waals surface area contributed by atoms with Crippen LogP contribution in [0.15, 0.2) is 28.9 Å². The monoisotopic (exact) mass is 280 g/mol. The van der Waals surface area contributed by atoms with Crippen LogP contribution < -0.4 is 5.73 Å². The van der Waals surface area contributed by atoms with Crippen LogP contribution in [0.25, 0.3) is 10.9 Å². The first kappa shape index (κ1) is 11.2. The highest BCUT2D eigenvalue weighted by atomic mass is 79.9. The van der Waals surface area contributed by atoms with Crippen molar-refractivity contribution in [1.82, 2.24) is 4.57 Å². The van der Waals surface area contributed by atoms with Crippen molar-refractivity contribution in [3.63, 3.8) is 0 Å². The smallest absolute Gasteiger partial charge is 0.250 e. The number of primary amides is 1. The van der Waals surface area contributed by atoms with E-state index in [0.717, 1.165) is 15.4 Å². The molecule has 1 amide bonds. The number of carbonyl (C=O) groups is 1. The van der Waals surface area contributed by atoms with Crippen LogP contribution in [-0.4, -0.2) is 10.5 Å². The topological polar surface area (TPSA) is 48.0 Å². The zero-order valence-corrected chi connectivity index (χ0v) is 10.8. The van der Waals surface area contributed by atoms with Gasteiger partial charge in [-0.15, -0.1) is 0 Å². The Hall–Kier alpha value is -1.29. The third-order valence-electron chi connectivity index (χ3n) is 2.62. The Kier molecular flexibility index (Phi) is 2.76. The molecule has 84 valence electrons. The molecule has 0 aliphatic heterocycles. The Bertz CT molecular complexity index is 557. The first-order chi connectivity index (χ1) is 7.50. The van der Waals surface area contributed by atoms with Crippen LogP contribution in [0.4, 0.5) is 0 Å². The highest BCUT2D eigenvalue weighted by Crippen LogP contribution is 2.27. The number of hydrogen-bond donors (Lipinski definition) is 1. The van der Waals surface area contributed by atoms with Gasteiger partial charge in [-0.05, 0) is 26.0 Å². The summed E-state index contributed by atoms with van der Waals surface area (Å²) < 4.78 is 3.05. The average Bonchev–Trinajstić information content (AvgIpc) is 2.56. The summed E-state index contributed by atoms with van der Waals surface area (Å²) in [4.78, 5) is 11.3. The molecule has 2 aromatic rings. The van der Waals surface area contributed by atoms with Crippen molar-refractivity contribution in [3.05, 3.63) is 34.4 Å². The molecule has 0 spiro atoms. The highest BCUT2D eigenvalue weighted by Gasteiger charge is 2.14. The second kappa shape index (κ2) is 3.94. The second-order valence-corrected chi connectivity index (χ2v) is 4.99.